The predicted molar refractivity (Wildman–Crippen MR) is 105 cm³/mol. The first kappa shape index (κ1) is 18.7. The minimum atomic E-state index is -0.303. The highest BCUT2D eigenvalue weighted by Crippen LogP contribution is 2.12. The van der Waals surface area contributed by atoms with Crippen molar-refractivity contribution in [2.45, 2.75) is 19.9 Å². The molecule has 7 heteroatoms. The smallest absolute Gasteiger partial charge is 0.262 e. The van der Waals surface area contributed by atoms with Crippen LogP contribution in [0.25, 0.3) is 10.9 Å². The summed E-state index contributed by atoms with van der Waals surface area (Å²) < 4.78 is 19.7. The molecule has 27 heavy (non-hydrogen) atoms. The van der Waals surface area contributed by atoms with E-state index in [1.165, 1.54) is 12.1 Å². The topological polar surface area (TPSA) is 68.5 Å². The van der Waals surface area contributed by atoms with Crippen molar-refractivity contribution in [3.8, 4) is 0 Å². The van der Waals surface area contributed by atoms with Gasteiger partial charge in [-0.25, -0.2) is 14.8 Å². The average Bonchev–Trinajstić information content (AvgIpc) is 2.68. The highest BCUT2D eigenvalue weighted by atomic mass is 19.1. The molecule has 3 aromatic rings. The maximum Gasteiger partial charge on any atom is 0.262 e. The van der Waals surface area contributed by atoms with Crippen LogP contribution in [0.15, 0.2) is 58.4 Å². The summed E-state index contributed by atoms with van der Waals surface area (Å²) in [5.74, 6) is 0.0546. The quantitative estimate of drug-likeness (QED) is 0.394. The summed E-state index contributed by atoms with van der Waals surface area (Å²) in [6, 6.07) is 13.2. The largest absolute Gasteiger partial charge is 0.385 e. The highest BCUT2D eigenvalue weighted by molar-refractivity contribution is 5.99. The molecular weight excluding hydrogens is 347 g/mol. The van der Waals surface area contributed by atoms with Gasteiger partial charge in [0.15, 0.2) is 0 Å². The summed E-state index contributed by atoms with van der Waals surface area (Å²) in [7, 11) is 1.62. The summed E-state index contributed by atoms with van der Waals surface area (Å²) in [4.78, 5) is 17.4. The lowest BCUT2D eigenvalue weighted by molar-refractivity contribution is 0.190. The average molecular weight is 368 g/mol. The molecule has 1 heterocycles. The van der Waals surface area contributed by atoms with Crippen molar-refractivity contribution in [2.75, 3.05) is 19.1 Å². The molecule has 1 aromatic heterocycles. The molecule has 0 fully saturated rings. The van der Waals surface area contributed by atoms with Gasteiger partial charge in [-0.2, -0.15) is 5.10 Å². The third-order valence-corrected chi connectivity index (χ3v) is 4.18. The highest BCUT2D eigenvalue weighted by Gasteiger charge is 2.10. The molecule has 0 aliphatic carbocycles. The van der Waals surface area contributed by atoms with Crippen molar-refractivity contribution in [1.82, 2.24) is 9.55 Å². The van der Waals surface area contributed by atoms with Gasteiger partial charge in [-0.1, -0.05) is 24.3 Å². The normalized spacial score (nSPS) is 11.7. The van der Waals surface area contributed by atoms with Crippen LogP contribution in [0.5, 0.6) is 0 Å². The van der Waals surface area contributed by atoms with Gasteiger partial charge in [-0.3, -0.25) is 9.36 Å². The number of aromatic nitrogens is 2. The molecule has 0 saturated heterocycles. The van der Waals surface area contributed by atoms with Crippen molar-refractivity contribution >= 4 is 22.6 Å². The first-order chi connectivity index (χ1) is 13.1. The van der Waals surface area contributed by atoms with Gasteiger partial charge in [0, 0.05) is 20.3 Å². The zero-order chi connectivity index (χ0) is 19.2. The minimum absolute atomic E-state index is 0.131. The van der Waals surface area contributed by atoms with Gasteiger partial charge in [0.25, 0.3) is 5.56 Å². The standard InChI is InChI=1S/C20H21FN4O2/c1-14(15-8-10-16(21)11-9-15)23-24-20-22-18-7-4-3-6-17(18)19(26)25(20)12-5-13-27-2/h3-4,6-11H,5,12-13H2,1-2H3,(H,22,24)/b23-14-. The molecule has 0 radical (unpaired) electrons. The van der Waals surface area contributed by atoms with E-state index in [1.807, 2.05) is 12.1 Å². The van der Waals surface area contributed by atoms with Gasteiger partial charge in [0.1, 0.15) is 5.82 Å². The Bertz CT molecular complexity index is 1010. The summed E-state index contributed by atoms with van der Waals surface area (Å²) in [5.41, 5.74) is 4.79. The third-order valence-electron chi connectivity index (χ3n) is 4.18. The molecule has 0 aliphatic heterocycles. The summed E-state index contributed by atoms with van der Waals surface area (Å²) in [6.45, 7) is 2.79. The van der Waals surface area contributed by atoms with Gasteiger partial charge in [-0.15, -0.1) is 0 Å². The number of methoxy groups -OCH3 is 1. The lowest BCUT2D eigenvalue weighted by atomic mass is 10.1. The SMILES string of the molecule is COCCCn1c(N/N=C(/C)c2ccc(F)cc2)nc2ccccc2c1=O. The monoisotopic (exact) mass is 368 g/mol. The molecule has 0 aliphatic rings. The van der Waals surface area contributed by atoms with Crippen molar-refractivity contribution in [2.24, 2.45) is 5.10 Å². The molecule has 0 amide bonds. The van der Waals surface area contributed by atoms with E-state index in [-0.39, 0.29) is 11.4 Å². The van der Waals surface area contributed by atoms with Crippen molar-refractivity contribution in [3.63, 3.8) is 0 Å². The zero-order valence-corrected chi connectivity index (χ0v) is 15.3. The van der Waals surface area contributed by atoms with Crippen molar-refractivity contribution < 1.29 is 9.13 Å². The van der Waals surface area contributed by atoms with E-state index in [9.17, 15) is 9.18 Å². The van der Waals surface area contributed by atoms with Crippen LogP contribution in [0.4, 0.5) is 10.3 Å². The van der Waals surface area contributed by atoms with Crippen LogP contribution in [0.3, 0.4) is 0 Å². The molecule has 0 saturated carbocycles. The molecule has 0 bridgehead atoms. The Morgan fingerprint density at radius 2 is 1.96 bits per heavy atom. The fourth-order valence-electron chi connectivity index (χ4n) is 2.72. The number of nitrogens with one attached hydrogen (secondary N) is 1. The van der Waals surface area contributed by atoms with Gasteiger partial charge in [-0.05, 0) is 43.2 Å². The van der Waals surface area contributed by atoms with Crippen molar-refractivity contribution in [3.05, 3.63) is 70.3 Å². The molecule has 0 spiro atoms. The Hall–Kier alpha value is -3.06. The number of ether oxygens (including phenoxy) is 1. The van der Waals surface area contributed by atoms with E-state index < -0.39 is 0 Å². The van der Waals surface area contributed by atoms with E-state index in [4.69, 9.17) is 4.74 Å². The van der Waals surface area contributed by atoms with E-state index >= 15 is 0 Å². The molecular formula is C20H21FN4O2. The number of hydrazone groups is 1. The number of fused-ring (bicyclic) bond motifs is 1. The fraction of sp³-hybridized carbons (Fsp3) is 0.250. The van der Waals surface area contributed by atoms with Crippen molar-refractivity contribution in [1.29, 1.82) is 0 Å². The second-order valence-corrected chi connectivity index (χ2v) is 6.07. The number of halogens is 1. The number of hydrogen-bond donors (Lipinski definition) is 1. The molecule has 2 aromatic carbocycles. The zero-order valence-electron chi connectivity index (χ0n) is 15.3. The van der Waals surface area contributed by atoms with E-state index in [0.717, 1.165) is 5.56 Å². The minimum Gasteiger partial charge on any atom is -0.385 e. The van der Waals surface area contributed by atoms with Crippen LogP contribution >= 0.6 is 0 Å². The van der Waals surface area contributed by atoms with E-state index in [2.05, 4.69) is 15.5 Å². The number of benzene rings is 2. The number of anilines is 1. The van der Waals surface area contributed by atoms with Gasteiger partial charge in [0.2, 0.25) is 5.95 Å². The van der Waals surface area contributed by atoms with Crippen LogP contribution < -0.4 is 11.0 Å². The number of rotatable bonds is 7. The van der Waals surface area contributed by atoms with E-state index in [0.29, 0.717) is 42.1 Å². The molecule has 1 N–H and O–H groups in total. The molecule has 3 rings (SSSR count). The number of para-hydroxylation sites is 1. The van der Waals surface area contributed by atoms with Gasteiger partial charge in [0.05, 0.1) is 16.6 Å². The fourth-order valence-corrected chi connectivity index (χ4v) is 2.72. The predicted octanol–water partition coefficient (Wildman–Crippen LogP) is 3.41. The Kier molecular flexibility index (Phi) is 5.93. The van der Waals surface area contributed by atoms with Gasteiger partial charge >= 0.3 is 0 Å². The Labute approximate surface area is 156 Å². The first-order valence-electron chi connectivity index (χ1n) is 8.65. The summed E-state index contributed by atoms with van der Waals surface area (Å²) in [6.07, 6.45) is 0.672. The molecule has 6 nitrogen and oxygen atoms in total. The second kappa shape index (κ2) is 8.55. The van der Waals surface area contributed by atoms with Crippen LogP contribution in [-0.4, -0.2) is 29.0 Å². The maximum atomic E-state index is 13.1. The van der Waals surface area contributed by atoms with Gasteiger partial charge < -0.3 is 4.74 Å². The van der Waals surface area contributed by atoms with Crippen LogP contribution in [0.2, 0.25) is 0 Å². The third kappa shape index (κ3) is 4.38. The van der Waals surface area contributed by atoms with Crippen LogP contribution in [0, 0.1) is 5.82 Å². The Morgan fingerprint density at radius 3 is 2.70 bits per heavy atom. The Morgan fingerprint density at radius 1 is 1.22 bits per heavy atom. The Balaban J connectivity index is 1.96. The maximum absolute atomic E-state index is 13.1. The molecule has 140 valence electrons. The number of nitrogens with zero attached hydrogens (tertiary/aromatic N) is 3. The number of hydrogen-bond acceptors (Lipinski definition) is 5. The lowest BCUT2D eigenvalue weighted by Gasteiger charge is -2.13. The summed E-state index contributed by atoms with van der Waals surface area (Å²) >= 11 is 0. The molecule has 0 unspecified atom stereocenters. The lowest BCUT2D eigenvalue weighted by Crippen LogP contribution is -2.25. The van der Waals surface area contributed by atoms with Crippen LogP contribution in [-0.2, 0) is 11.3 Å². The van der Waals surface area contributed by atoms with Crippen LogP contribution in [0.1, 0.15) is 18.9 Å². The van der Waals surface area contributed by atoms with E-state index in [1.54, 1.807) is 42.9 Å². The molecule has 0 atom stereocenters. The first-order valence-corrected chi connectivity index (χ1v) is 8.65. The second-order valence-electron chi connectivity index (χ2n) is 6.07. The summed E-state index contributed by atoms with van der Waals surface area (Å²) in [5, 5.41) is 4.88.